The summed E-state index contributed by atoms with van der Waals surface area (Å²) >= 11 is 9.29. The zero-order chi connectivity index (χ0) is 14.0. The number of hydrogen-bond donors (Lipinski definition) is 1. The molecule has 1 aliphatic heterocycles. The Kier molecular flexibility index (Phi) is 4.31. The monoisotopic (exact) mass is 346 g/mol. The summed E-state index contributed by atoms with van der Waals surface area (Å²) in [7, 11) is 0. The molecule has 1 aromatic carbocycles. The molecular formula is C12H12BrClN2O3. The summed E-state index contributed by atoms with van der Waals surface area (Å²) < 4.78 is 6.32. The maximum Gasteiger partial charge on any atom is 0.324 e. The molecule has 0 saturated carbocycles. The van der Waals surface area contributed by atoms with Crippen molar-refractivity contribution in [1.82, 2.24) is 10.2 Å². The van der Waals surface area contributed by atoms with Gasteiger partial charge in [0.15, 0.2) is 6.10 Å². The highest BCUT2D eigenvalue weighted by molar-refractivity contribution is 9.10. The van der Waals surface area contributed by atoms with Gasteiger partial charge in [-0.15, -0.1) is 0 Å². The summed E-state index contributed by atoms with van der Waals surface area (Å²) in [6.07, 6.45) is -0.775. The third-order valence-electron chi connectivity index (χ3n) is 2.67. The number of ether oxygens (including phenoxy) is 1. The van der Waals surface area contributed by atoms with Gasteiger partial charge in [-0.1, -0.05) is 27.5 Å². The van der Waals surface area contributed by atoms with E-state index < -0.39 is 6.10 Å². The van der Waals surface area contributed by atoms with Crippen molar-refractivity contribution < 1.29 is 14.3 Å². The van der Waals surface area contributed by atoms with Gasteiger partial charge >= 0.3 is 6.03 Å². The molecule has 1 heterocycles. The van der Waals surface area contributed by atoms with E-state index >= 15 is 0 Å². The number of imide groups is 1. The molecule has 1 fully saturated rings. The summed E-state index contributed by atoms with van der Waals surface area (Å²) in [5.74, 6) is 0.0271. The maximum absolute atomic E-state index is 12.0. The Morgan fingerprint density at radius 1 is 1.58 bits per heavy atom. The van der Waals surface area contributed by atoms with Crippen LogP contribution >= 0.6 is 27.5 Å². The Hall–Kier alpha value is -1.27. The van der Waals surface area contributed by atoms with Crippen LogP contribution in [0.2, 0.25) is 5.02 Å². The first-order valence-electron chi connectivity index (χ1n) is 5.70. The van der Waals surface area contributed by atoms with Crippen molar-refractivity contribution in [3.63, 3.8) is 0 Å². The topological polar surface area (TPSA) is 58.6 Å². The lowest BCUT2D eigenvalue weighted by molar-refractivity contribution is -0.134. The quantitative estimate of drug-likeness (QED) is 0.913. The summed E-state index contributed by atoms with van der Waals surface area (Å²) in [6, 6.07) is 4.72. The molecular weight excluding hydrogens is 336 g/mol. The number of halogens is 2. The molecule has 3 amide bonds. The van der Waals surface area contributed by atoms with Crippen LogP contribution in [0.5, 0.6) is 5.75 Å². The minimum absolute atomic E-state index is 0.361. The molecule has 5 nitrogen and oxygen atoms in total. The number of carbonyl (C=O) groups excluding carboxylic acids is 2. The predicted molar refractivity (Wildman–Crippen MR) is 74.4 cm³/mol. The van der Waals surface area contributed by atoms with Crippen LogP contribution in [0.1, 0.15) is 6.92 Å². The highest BCUT2D eigenvalue weighted by Crippen LogP contribution is 2.28. The fourth-order valence-corrected chi connectivity index (χ4v) is 2.43. The van der Waals surface area contributed by atoms with Crippen molar-refractivity contribution >= 4 is 39.5 Å². The SMILES string of the molecule is C[C@H](Oc1ccc(Br)cc1Cl)C(=O)N1CCNC1=O. The molecule has 1 aromatic rings. The zero-order valence-corrected chi connectivity index (χ0v) is 12.5. The van der Waals surface area contributed by atoms with E-state index in [1.54, 1.807) is 25.1 Å². The Balaban J connectivity index is 2.06. The minimum Gasteiger partial charge on any atom is -0.479 e. The van der Waals surface area contributed by atoms with E-state index in [9.17, 15) is 9.59 Å². The molecule has 0 bridgehead atoms. The number of benzene rings is 1. The molecule has 1 N–H and O–H groups in total. The summed E-state index contributed by atoms with van der Waals surface area (Å²) in [5.41, 5.74) is 0. The first-order chi connectivity index (χ1) is 8.99. The largest absolute Gasteiger partial charge is 0.479 e. The van der Waals surface area contributed by atoms with E-state index in [1.807, 2.05) is 0 Å². The fraction of sp³-hybridized carbons (Fsp3) is 0.333. The number of nitrogens with zero attached hydrogens (tertiary/aromatic N) is 1. The molecule has 0 radical (unpaired) electrons. The first kappa shape index (κ1) is 14.1. The summed E-state index contributed by atoms with van der Waals surface area (Å²) in [4.78, 5) is 24.6. The highest BCUT2D eigenvalue weighted by atomic mass is 79.9. The van der Waals surface area contributed by atoms with Crippen LogP contribution in [0.3, 0.4) is 0 Å². The molecule has 1 aliphatic rings. The van der Waals surface area contributed by atoms with Gasteiger partial charge in [0.25, 0.3) is 5.91 Å². The van der Waals surface area contributed by atoms with Gasteiger partial charge in [-0.2, -0.15) is 0 Å². The summed E-state index contributed by atoms with van der Waals surface area (Å²) in [6.45, 7) is 2.42. The van der Waals surface area contributed by atoms with E-state index in [2.05, 4.69) is 21.2 Å². The molecule has 0 aromatic heterocycles. The van der Waals surface area contributed by atoms with Crippen molar-refractivity contribution in [3.8, 4) is 5.75 Å². The molecule has 7 heteroatoms. The van der Waals surface area contributed by atoms with Gasteiger partial charge in [0.05, 0.1) is 5.02 Å². The van der Waals surface area contributed by atoms with Crippen LogP contribution < -0.4 is 10.1 Å². The molecule has 1 saturated heterocycles. The van der Waals surface area contributed by atoms with Crippen LogP contribution in [0.15, 0.2) is 22.7 Å². The number of urea groups is 1. The Bertz CT molecular complexity index is 524. The lowest BCUT2D eigenvalue weighted by Crippen LogP contribution is -2.42. The van der Waals surface area contributed by atoms with Gasteiger partial charge in [0.1, 0.15) is 5.75 Å². The molecule has 0 unspecified atom stereocenters. The number of carbonyl (C=O) groups is 2. The number of rotatable bonds is 3. The molecule has 0 aliphatic carbocycles. The Labute approximate surface area is 124 Å². The Morgan fingerprint density at radius 2 is 2.32 bits per heavy atom. The normalized spacial score (nSPS) is 16.2. The van der Waals surface area contributed by atoms with Crippen LogP contribution in [0.4, 0.5) is 4.79 Å². The molecule has 0 spiro atoms. The molecule has 102 valence electrons. The smallest absolute Gasteiger partial charge is 0.324 e. The van der Waals surface area contributed by atoms with E-state index in [-0.39, 0.29) is 11.9 Å². The van der Waals surface area contributed by atoms with Crippen LogP contribution in [-0.4, -0.2) is 36.0 Å². The van der Waals surface area contributed by atoms with Gasteiger partial charge < -0.3 is 10.1 Å². The van der Waals surface area contributed by atoms with Crippen LogP contribution in [-0.2, 0) is 4.79 Å². The minimum atomic E-state index is -0.775. The zero-order valence-electron chi connectivity index (χ0n) is 10.2. The lowest BCUT2D eigenvalue weighted by atomic mass is 10.3. The maximum atomic E-state index is 12.0. The van der Waals surface area contributed by atoms with Crippen molar-refractivity contribution in [2.24, 2.45) is 0 Å². The molecule has 2 rings (SSSR count). The predicted octanol–water partition coefficient (Wildman–Crippen LogP) is 2.42. The van der Waals surface area contributed by atoms with Crippen molar-refractivity contribution in [1.29, 1.82) is 0 Å². The third kappa shape index (κ3) is 3.19. The average molecular weight is 348 g/mol. The molecule has 1 atom stereocenters. The standard InChI is InChI=1S/C12H12BrClN2O3/c1-7(11(17)16-5-4-15-12(16)18)19-10-3-2-8(13)6-9(10)14/h2-3,6-7H,4-5H2,1H3,(H,15,18)/t7-/m0/s1. The van der Waals surface area contributed by atoms with Gasteiger partial charge in [-0.25, -0.2) is 4.79 Å². The number of amides is 3. The number of nitrogens with one attached hydrogen (secondary N) is 1. The van der Waals surface area contributed by atoms with E-state index in [0.717, 1.165) is 9.37 Å². The van der Waals surface area contributed by atoms with Crippen molar-refractivity contribution in [2.45, 2.75) is 13.0 Å². The second-order valence-electron chi connectivity index (χ2n) is 4.06. The van der Waals surface area contributed by atoms with E-state index in [0.29, 0.717) is 23.9 Å². The highest BCUT2D eigenvalue weighted by Gasteiger charge is 2.30. The Morgan fingerprint density at radius 3 is 2.89 bits per heavy atom. The van der Waals surface area contributed by atoms with E-state index in [1.165, 1.54) is 0 Å². The number of hydrogen-bond acceptors (Lipinski definition) is 3. The van der Waals surface area contributed by atoms with Gasteiger partial charge in [-0.05, 0) is 25.1 Å². The van der Waals surface area contributed by atoms with E-state index in [4.69, 9.17) is 16.3 Å². The fourth-order valence-electron chi connectivity index (χ4n) is 1.71. The van der Waals surface area contributed by atoms with Gasteiger partial charge in [0.2, 0.25) is 0 Å². The lowest BCUT2D eigenvalue weighted by Gasteiger charge is -2.19. The van der Waals surface area contributed by atoms with Crippen LogP contribution in [0.25, 0.3) is 0 Å². The van der Waals surface area contributed by atoms with Crippen molar-refractivity contribution in [2.75, 3.05) is 13.1 Å². The molecule has 19 heavy (non-hydrogen) atoms. The van der Waals surface area contributed by atoms with Crippen molar-refractivity contribution in [3.05, 3.63) is 27.7 Å². The second-order valence-corrected chi connectivity index (χ2v) is 5.38. The third-order valence-corrected chi connectivity index (χ3v) is 3.46. The van der Waals surface area contributed by atoms with Gasteiger partial charge in [-0.3, -0.25) is 9.69 Å². The van der Waals surface area contributed by atoms with Gasteiger partial charge in [0, 0.05) is 17.6 Å². The van der Waals surface area contributed by atoms with Crippen LogP contribution in [0, 0.1) is 0 Å². The second kappa shape index (κ2) is 5.79. The first-order valence-corrected chi connectivity index (χ1v) is 6.87. The average Bonchev–Trinajstić information content (AvgIpc) is 2.78. The summed E-state index contributed by atoms with van der Waals surface area (Å²) in [5, 5.41) is 2.97.